The molecule has 3 unspecified atom stereocenters. The van der Waals surface area contributed by atoms with Crippen molar-refractivity contribution < 1.29 is 24.5 Å². The van der Waals surface area contributed by atoms with Crippen molar-refractivity contribution in [2.75, 3.05) is 6.61 Å². The number of aliphatic imine (C=N–C) groups is 3. The zero-order chi connectivity index (χ0) is 42.7. The van der Waals surface area contributed by atoms with Crippen molar-refractivity contribution in [3.05, 3.63) is 126 Å². The van der Waals surface area contributed by atoms with E-state index in [1.807, 2.05) is 45.9 Å². The smallest absolute Gasteiger partial charge is 0.306 e. The van der Waals surface area contributed by atoms with Gasteiger partial charge in [-0.1, -0.05) is 49.6 Å². The summed E-state index contributed by atoms with van der Waals surface area (Å²) in [6.45, 7) is 20.7. The molecule has 2 fully saturated rings. The number of esters is 1. The molecule has 8 bridgehead atoms. The monoisotopic (exact) mass is 798 g/mol. The van der Waals surface area contributed by atoms with Crippen LogP contribution >= 0.6 is 0 Å². The molecule has 0 aromatic heterocycles. The molecule has 9 heteroatoms. The number of nitrogens with one attached hydrogen (secondary N) is 1. The molecule has 6 rings (SSSR count). The number of hydrogen-bond acceptors (Lipinski definition) is 9. The fraction of sp³-hybridized carbons (Fsp3) is 0.460. The van der Waals surface area contributed by atoms with Crippen LogP contribution in [0.25, 0.3) is 0 Å². The number of aliphatic hydroxyl groups is 2. The van der Waals surface area contributed by atoms with Gasteiger partial charge in [-0.25, -0.2) is 15.0 Å². The number of nitrogens with zero attached hydrogens (tertiary/aromatic N) is 3. The summed E-state index contributed by atoms with van der Waals surface area (Å²) in [6.07, 6.45) is 16.9. The molecule has 0 spiro atoms. The Morgan fingerprint density at radius 2 is 1.58 bits per heavy atom. The lowest BCUT2D eigenvalue weighted by Gasteiger charge is -2.17. The summed E-state index contributed by atoms with van der Waals surface area (Å²) in [6, 6.07) is 0. The maximum absolute atomic E-state index is 13.9. The summed E-state index contributed by atoms with van der Waals surface area (Å²) in [5, 5.41) is 25.3. The largest absolute Gasteiger partial charge is 0.515 e. The van der Waals surface area contributed by atoms with E-state index >= 15 is 0 Å². The molecule has 312 valence electrons. The van der Waals surface area contributed by atoms with E-state index in [0.717, 1.165) is 76.9 Å². The van der Waals surface area contributed by atoms with Crippen LogP contribution in [0.15, 0.2) is 141 Å². The van der Waals surface area contributed by atoms with Gasteiger partial charge in [-0.2, -0.15) is 0 Å². The second-order valence-electron chi connectivity index (χ2n) is 16.9. The van der Waals surface area contributed by atoms with Gasteiger partial charge in [-0.15, -0.1) is 0 Å². The van der Waals surface area contributed by atoms with Gasteiger partial charge in [-0.05, 0) is 134 Å². The normalized spacial score (nSPS) is 23.0. The molecule has 0 amide bonds. The number of rotatable bonds is 14. The van der Waals surface area contributed by atoms with Crippen molar-refractivity contribution in [2.24, 2.45) is 26.8 Å². The van der Waals surface area contributed by atoms with Gasteiger partial charge in [0.15, 0.2) is 5.78 Å². The molecule has 0 aromatic rings. The molecule has 6 aliphatic rings. The predicted molar refractivity (Wildman–Crippen MR) is 239 cm³/mol. The molecule has 5 heterocycles. The van der Waals surface area contributed by atoms with E-state index < -0.39 is 6.10 Å². The van der Waals surface area contributed by atoms with Crippen LogP contribution in [0, 0.1) is 11.8 Å². The summed E-state index contributed by atoms with van der Waals surface area (Å²) in [5.41, 5.74) is 16.1. The van der Waals surface area contributed by atoms with Crippen molar-refractivity contribution in [1.82, 2.24) is 5.32 Å². The standard InChI is InChI=1S/C50H62N4O5/c1-11-34-38(26-55)41-25-42-45(33(10)56)31(8)48(53-42)32(9)47-30(7)36(19-20-44(58)59-22-21-29(6)18-14-17-28(5)16-13-15-27(3)4)49(54-47)37-23-43(57)46-35(12-2)40(52-50(37)46)24-39(34)51-41/h15,17,21,24-26,30,33,36,54-56H,11-14,16,18-20,22-23H2,1-10H3. The Morgan fingerprint density at radius 3 is 2.24 bits per heavy atom. The summed E-state index contributed by atoms with van der Waals surface area (Å²) in [5.74, 6) is -0.375. The Hall–Kier alpha value is -5.15. The van der Waals surface area contributed by atoms with E-state index in [0.29, 0.717) is 64.5 Å². The predicted octanol–water partition coefficient (Wildman–Crippen LogP) is 10.7. The molecular weight excluding hydrogens is 737 g/mol. The van der Waals surface area contributed by atoms with Crippen LogP contribution in [0.2, 0.25) is 0 Å². The second-order valence-corrected chi connectivity index (χ2v) is 16.9. The van der Waals surface area contributed by atoms with Gasteiger partial charge in [0.1, 0.15) is 6.61 Å². The molecule has 1 saturated heterocycles. The highest BCUT2D eigenvalue weighted by atomic mass is 16.5. The quantitative estimate of drug-likeness (QED) is 0.0910. The maximum Gasteiger partial charge on any atom is 0.306 e. The Balaban J connectivity index is 1.33. The zero-order valence-electron chi connectivity index (χ0n) is 36.7. The summed E-state index contributed by atoms with van der Waals surface area (Å²) >= 11 is 0. The molecule has 59 heavy (non-hydrogen) atoms. The van der Waals surface area contributed by atoms with Crippen LogP contribution in [0.1, 0.15) is 127 Å². The number of carbonyl (C=O) groups excluding carboxylic acids is 2. The van der Waals surface area contributed by atoms with Gasteiger partial charge in [0.25, 0.3) is 0 Å². The van der Waals surface area contributed by atoms with Gasteiger partial charge in [0.05, 0.1) is 46.6 Å². The number of hydrogen-bond donors (Lipinski definition) is 3. The van der Waals surface area contributed by atoms with Crippen LogP contribution in [0.3, 0.4) is 0 Å². The molecule has 5 aliphatic heterocycles. The Kier molecular flexibility index (Phi) is 13.6. The van der Waals surface area contributed by atoms with Gasteiger partial charge in [0.2, 0.25) is 0 Å². The fourth-order valence-electron chi connectivity index (χ4n) is 9.23. The number of carbonyl (C=O) groups is 2. The second kappa shape index (κ2) is 18.4. The molecule has 0 radical (unpaired) electrons. The molecular formula is C50H62N4O5. The molecule has 1 aliphatic carbocycles. The van der Waals surface area contributed by atoms with E-state index in [4.69, 9.17) is 19.7 Å². The minimum Gasteiger partial charge on any atom is -0.515 e. The van der Waals surface area contributed by atoms with E-state index in [2.05, 4.69) is 52.1 Å². The molecule has 3 atom stereocenters. The van der Waals surface area contributed by atoms with Crippen LogP contribution in [0.5, 0.6) is 0 Å². The first-order chi connectivity index (χ1) is 28.2. The summed E-state index contributed by atoms with van der Waals surface area (Å²) < 4.78 is 5.75. The molecule has 0 aromatic carbocycles. The number of Topliss-reactive ketones (excluding diaryl/α,β-unsaturated/α-hetero) is 1. The van der Waals surface area contributed by atoms with Crippen molar-refractivity contribution in [3.63, 3.8) is 0 Å². The Labute approximate surface area is 350 Å². The number of ketones is 1. The Morgan fingerprint density at radius 1 is 0.898 bits per heavy atom. The lowest BCUT2D eigenvalue weighted by Crippen LogP contribution is -2.16. The van der Waals surface area contributed by atoms with E-state index in [1.165, 1.54) is 16.7 Å². The first-order valence-electron chi connectivity index (χ1n) is 21.4. The third-order valence-corrected chi connectivity index (χ3v) is 12.4. The van der Waals surface area contributed by atoms with Gasteiger partial charge >= 0.3 is 5.97 Å². The molecule has 1 saturated carbocycles. The topological polar surface area (TPSA) is 133 Å². The number of ether oxygens (including phenoxy) is 1. The highest BCUT2D eigenvalue weighted by Gasteiger charge is 2.44. The SMILES string of the molecule is CCC1=C2C=C3N=C4C(=C5NC(=C(C)C6=NC(=CC(=N2)C1=CO)C(C(C)O)=C6C)C(C)C5CCC(=O)OCC=C(C)CCC=C(C)CCC=C(C)C)CC(=O)C4=C3CC. The third-order valence-electron chi connectivity index (χ3n) is 12.4. The van der Waals surface area contributed by atoms with Crippen molar-refractivity contribution >= 4 is 28.9 Å². The van der Waals surface area contributed by atoms with Crippen LogP contribution in [0.4, 0.5) is 0 Å². The Bertz CT molecular complexity index is 2280. The number of fused-ring (bicyclic) bond motifs is 5. The van der Waals surface area contributed by atoms with Gasteiger partial charge < -0.3 is 20.3 Å². The highest BCUT2D eigenvalue weighted by Crippen LogP contribution is 2.47. The number of aliphatic hydroxyl groups excluding tert-OH is 2. The van der Waals surface area contributed by atoms with Crippen molar-refractivity contribution in [3.8, 4) is 0 Å². The highest BCUT2D eigenvalue weighted by molar-refractivity contribution is 6.38. The third kappa shape index (κ3) is 8.91. The first-order valence-corrected chi connectivity index (χ1v) is 21.4. The molecule has 3 N–H and O–H groups in total. The lowest BCUT2D eigenvalue weighted by molar-refractivity contribution is -0.142. The zero-order valence-corrected chi connectivity index (χ0v) is 36.7. The van der Waals surface area contributed by atoms with E-state index in [-0.39, 0.29) is 43.0 Å². The van der Waals surface area contributed by atoms with Crippen LogP contribution < -0.4 is 5.32 Å². The number of allylic oxidation sites excluding steroid dienone is 16. The van der Waals surface area contributed by atoms with Crippen LogP contribution in [-0.2, 0) is 14.3 Å². The summed E-state index contributed by atoms with van der Waals surface area (Å²) in [7, 11) is 0. The van der Waals surface area contributed by atoms with Gasteiger partial charge in [0, 0.05) is 58.4 Å². The average Bonchev–Trinajstić information content (AvgIpc) is 3.97. The summed E-state index contributed by atoms with van der Waals surface area (Å²) in [4.78, 5) is 42.5. The van der Waals surface area contributed by atoms with Crippen molar-refractivity contribution in [2.45, 2.75) is 133 Å². The van der Waals surface area contributed by atoms with Crippen LogP contribution in [-0.4, -0.2) is 51.8 Å². The minimum atomic E-state index is -0.801. The van der Waals surface area contributed by atoms with E-state index in [9.17, 15) is 19.8 Å². The maximum atomic E-state index is 13.9. The first kappa shape index (κ1) is 43.4. The lowest BCUT2D eigenvalue weighted by atomic mass is 9.85. The molecule has 9 nitrogen and oxygen atoms in total. The fourth-order valence-corrected chi connectivity index (χ4v) is 9.23. The average molecular weight is 799 g/mol. The van der Waals surface area contributed by atoms with E-state index in [1.54, 1.807) is 6.92 Å². The van der Waals surface area contributed by atoms with Gasteiger partial charge in [-0.3, -0.25) is 9.59 Å². The van der Waals surface area contributed by atoms with Crippen molar-refractivity contribution in [1.29, 1.82) is 0 Å². The minimum absolute atomic E-state index is 0.0373.